The highest BCUT2D eigenvalue weighted by Crippen LogP contribution is 2.19. The van der Waals surface area contributed by atoms with Crippen LogP contribution in [-0.2, 0) is 10.0 Å². The summed E-state index contributed by atoms with van der Waals surface area (Å²) in [5.74, 6) is 5.80. The molecule has 0 bridgehead atoms. The number of nitrogens with two attached hydrogens (primary N) is 1. The molecule has 0 amide bonds. The van der Waals surface area contributed by atoms with E-state index in [0.29, 0.717) is 12.5 Å². The van der Waals surface area contributed by atoms with Crippen LogP contribution in [0.25, 0.3) is 0 Å². The third-order valence-corrected chi connectivity index (χ3v) is 5.03. The molecule has 2 rings (SSSR count). The molecule has 2 heterocycles. The highest BCUT2D eigenvalue weighted by molar-refractivity contribution is 7.89. The molecule has 7 nitrogen and oxygen atoms in total. The van der Waals surface area contributed by atoms with Crippen molar-refractivity contribution in [2.75, 3.05) is 31.6 Å². The molecular weight excluding hydrogens is 278 g/mol. The summed E-state index contributed by atoms with van der Waals surface area (Å²) in [4.78, 5) is 6.30. The summed E-state index contributed by atoms with van der Waals surface area (Å²) in [5, 5.41) is 0. The predicted octanol–water partition coefficient (Wildman–Crippen LogP) is -0.0127. The van der Waals surface area contributed by atoms with Gasteiger partial charge < -0.3 is 10.3 Å². The molecule has 0 saturated carbocycles. The summed E-state index contributed by atoms with van der Waals surface area (Å²) in [7, 11) is -3.59. The fraction of sp³-hybridized carbons (Fsp3) is 0.583. The summed E-state index contributed by atoms with van der Waals surface area (Å²) in [6, 6.07) is 3.06. The zero-order valence-electron chi connectivity index (χ0n) is 11.5. The van der Waals surface area contributed by atoms with Gasteiger partial charge in [0.1, 0.15) is 4.90 Å². The molecule has 1 aliphatic rings. The van der Waals surface area contributed by atoms with E-state index in [9.17, 15) is 8.42 Å². The molecule has 8 heteroatoms. The number of hydrogen-bond donors (Lipinski definition) is 3. The fourth-order valence-corrected chi connectivity index (χ4v) is 3.62. The van der Waals surface area contributed by atoms with Crippen LogP contribution < -0.4 is 16.0 Å². The molecule has 4 N–H and O–H groups in total. The van der Waals surface area contributed by atoms with Crippen molar-refractivity contribution in [2.24, 2.45) is 11.8 Å². The average Bonchev–Trinajstić information content (AvgIpc) is 2.93. The van der Waals surface area contributed by atoms with Gasteiger partial charge in [0.05, 0.1) is 0 Å². The predicted molar refractivity (Wildman–Crippen MR) is 77.5 cm³/mol. The number of hydrazine groups is 1. The summed E-state index contributed by atoms with van der Waals surface area (Å²) in [5.41, 5.74) is 2.31. The van der Waals surface area contributed by atoms with Gasteiger partial charge in [0, 0.05) is 19.3 Å². The van der Waals surface area contributed by atoms with Gasteiger partial charge >= 0.3 is 0 Å². The molecule has 1 aromatic heterocycles. The minimum Gasteiger partial charge on any atom is -0.307 e. The van der Waals surface area contributed by atoms with Crippen molar-refractivity contribution < 1.29 is 8.42 Å². The van der Waals surface area contributed by atoms with E-state index in [0.717, 1.165) is 26.1 Å². The van der Waals surface area contributed by atoms with Crippen LogP contribution in [0, 0.1) is 5.92 Å². The molecule has 1 unspecified atom stereocenters. The Morgan fingerprint density at radius 3 is 3.00 bits per heavy atom. The van der Waals surface area contributed by atoms with Gasteiger partial charge in [-0.1, -0.05) is 6.92 Å². The lowest BCUT2D eigenvalue weighted by Crippen LogP contribution is -2.32. The topological polar surface area (TPSA) is 100 Å². The lowest BCUT2D eigenvalue weighted by atomic mass is 10.1. The monoisotopic (exact) mass is 299 g/mol. The summed E-state index contributed by atoms with van der Waals surface area (Å²) >= 11 is 0. The fourth-order valence-electron chi connectivity index (χ4n) is 2.39. The molecular formula is C12H21N5O2S. The van der Waals surface area contributed by atoms with E-state index in [1.54, 1.807) is 6.07 Å². The average molecular weight is 299 g/mol. The number of aromatic nitrogens is 1. The molecule has 112 valence electrons. The molecule has 1 saturated heterocycles. The first-order chi connectivity index (χ1) is 9.56. The Bertz CT molecular complexity index is 549. The van der Waals surface area contributed by atoms with Crippen molar-refractivity contribution in [1.82, 2.24) is 14.6 Å². The van der Waals surface area contributed by atoms with Crippen molar-refractivity contribution in [2.45, 2.75) is 18.2 Å². The molecule has 0 aromatic carbocycles. The zero-order valence-corrected chi connectivity index (χ0v) is 12.4. The van der Waals surface area contributed by atoms with Crippen molar-refractivity contribution >= 4 is 15.8 Å². The highest BCUT2D eigenvalue weighted by atomic mass is 32.2. The van der Waals surface area contributed by atoms with Crippen LogP contribution in [0.5, 0.6) is 0 Å². The second-order valence-electron chi connectivity index (χ2n) is 4.89. The first kappa shape index (κ1) is 15.2. The summed E-state index contributed by atoms with van der Waals surface area (Å²) < 4.78 is 27.2. The van der Waals surface area contributed by atoms with E-state index < -0.39 is 10.0 Å². The van der Waals surface area contributed by atoms with Crippen LogP contribution >= 0.6 is 0 Å². The largest absolute Gasteiger partial charge is 0.307 e. The Labute approximate surface area is 119 Å². The number of pyridine rings is 1. The molecule has 0 spiro atoms. The number of likely N-dealkylation sites (tertiary alicyclic amines) is 1. The van der Waals surface area contributed by atoms with Crippen LogP contribution in [0.4, 0.5) is 5.82 Å². The Morgan fingerprint density at radius 1 is 1.55 bits per heavy atom. The number of hydrogen-bond acceptors (Lipinski definition) is 6. The third kappa shape index (κ3) is 3.45. The van der Waals surface area contributed by atoms with Crippen molar-refractivity contribution in [1.29, 1.82) is 0 Å². The first-order valence-electron chi connectivity index (χ1n) is 6.70. The van der Waals surface area contributed by atoms with E-state index in [-0.39, 0.29) is 10.7 Å². The van der Waals surface area contributed by atoms with Crippen LogP contribution in [-0.4, -0.2) is 44.5 Å². The van der Waals surface area contributed by atoms with Gasteiger partial charge in [0.25, 0.3) is 0 Å². The second kappa shape index (κ2) is 6.49. The Balaban J connectivity index is 2.01. The number of nitrogen functional groups attached to an aromatic ring is 1. The maximum Gasteiger partial charge on any atom is 0.244 e. The standard InChI is InChI=1S/C12H21N5O2S/c1-2-17-7-5-10(9-17)8-15-20(18,19)11-4-3-6-14-12(11)16-13/h3-4,6,10,15H,2,5,7-9,13H2,1H3,(H,14,16). The van der Waals surface area contributed by atoms with Crippen LogP contribution in [0.2, 0.25) is 0 Å². The van der Waals surface area contributed by atoms with Gasteiger partial charge in [-0.25, -0.2) is 24.0 Å². The molecule has 1 atom stereocenters. The highest BCUT2D eigenvalue weighted by Gasteiger charge is 2.24. The molecule has 20 heavy (non-hydrogen) atoms. The number of nitrogens with one attached hydrogen (secondary N) is 2. The van der Waals surface area contributed by atoms with Crippen molar-refractivity contribution in [3.8, 4) is 0 Å². The van der Waals surface area contributed by atoms with E-state index in [2.05, 4.69) is 27.0 Å². The molecule has 0 radical (unpaired) electrons. The Kier molecular flexibility index (Phi) is 4.92. The number of anilines is 1. The van der Waals surface area contributed by atoms with Gasteiger partial charge in [0.2, 0.25) is 10.0 Å². The minimum atomic E-state index is -3.59. The third-order valence-electron chi connectivity index (χ3n) is 3.58. The Hall–Kier alpha value is -1.22. The van der Waals surface area contributed by atoms with Gasteiger partial charge in [-0.3, -0.25) is 0 Å². The first-order valence-corrected chi connectivity index (χ1v) is 8.18. The number of sulfonamides is 1. The summed E-state index contributed by atoms with van der Waals surface area (Å²) in [6.45, 7) is 5.53. The van der Waals surface area contributed by atoms with Crippen molar-refractivity contribution in [3.05, 3.63) is 18.3 Å². The van der Waals surface area contributed by atoms with E-state index in [4.69, 9.17) is 5.84 Å². The normalized spacial score (nSPS) is 20.2. The number of rotatable bonds is 6. The van der Waals surface area contributed by atoms with Gasteiger partial charge in [0.15, 0.2) is 5.82 Å². The molecule has 0 aliphatic carbocycles. The van der Waals surface area contributed by atoms with Crippen LogP contribution in [0.1, 0.15) is 13.3 Å². The second-order valence-corrected chi connectivity index (χ2v) is 6.63. The van der Waals surface area contributed by atoms with E-state index in [1.807, 2.05) is 0 Å². The van der Waals surface area contributed by atoms with Crippen LogP contribution in [0.3, 0.4) is 0 Å². The maximum atomic E-state index is 12.3. The van der Waals surface area contributed by atoms with Gasteiger partial charge in [-0.2, -0.15) is 0 Å². The lowest BCUT2D eigenvalue weighted by molar-refractivity contribution is 0.342. The smallest absolute Gasteiger partial charge is 0.244 e. The summed E-state index contributed by atoms with van der Waals surface area (Å²) in [6.07, 6.45) is 2.51. The van der Waals surface area contributed by atoms with E-state index in [1.165, 1.54) is 12.3 Å². The van der Waals surface area contributed by atoms with E-state index >= 15 is 0 Å². The SMILES string of the molecule is CCN1CCC(CNS(=O)(=O)c2cccnc2NN)C1. The van der Waals surface area contributed by atoms with Gasteiger partial charge in [-0.15, -0.1) is 0 Å². The molecule has 1 aliphatic heterocycles. The van der Waals surface area contributed by atoms with Crippen molar-refractivity contribution in [3.63, 3.8) is 0 Å². The minimum absolute atomic E-state index is 0.0767. The van der Waals surface area contributed by atoms with Crippen LogP contribution in [0.15, 0.2) is 23.2 Å². The zero-order chi connectivity index (χ0) is 14.6. The lowest BCUT2D eigenvalue weighted by Gasteiger charge is -2.14. The van der Waals surface area contributed by atoms with Gasteiger partial charge in [-0.05, 0) is 37.6 Å². The number of nitrogens with zero attached hydrogens (tertiary/aromatic N) is 2. The molecule has 1 aromatic rings. The molecule has 1 fully saturated rings. The maximum absolute atomic E-state index is 12.3. The quantitative estimate of drug-likeness (QED) is 0.504. The Morgan fingerprint density at radius 2 is 2.35 bits per heavy atom.